The molecule has 0 fully saturated rings. The molecular formula is C25H19F4N3O3. The SMILES string of the molecule is COC(=O)[C@](C)(Cc1cccc(F)c1)c1ccnc2c(-c3ccc(C(F)(F)F)cc3)c(C=O)nn12. The summed E-state index contributed by atoms with van der Waals surface area (Å²) >= 11 is 0. The lowest BCUT2D eigenvalue weighted by Gasteiger charge is -2.27. The lowest BCUT2D eigenvalue weighted by molar-refractivity contribution is -0.147. The number of aromatic nitrogens is 3. The van der Waals surface area contributed by atoms with Crippen LogP contribution < -0.4 is 0 Å². The summed E-state index contributed by atoms with van der Waals surface area (Å²) in [5.41, 5.74) is -0.770. The van der Waals surface area contributed by atoms with E-state index < -0.39 is 28.9 Å². The number of ether oxygens (including phenoxy) is 1. The van der Waals surface area contributed by atoms with Gasteiger partial charge in [-0.05, 0) is 54.8 Å². The highest BCUT2D eigenvalue weighted by molar-refractivity contribution is 5.93. The van der Waals surface area contributed by atoms with Gasteiger partial charge in [-0.1, -0.05) is 24.3 Å². The molecule has 0 aliphatic heterocycles. The smallest absolute Gasteiger partial charge is 0.416 e. The van der Waals surface area contributed by atoms with E-state index in [9.17, 15) is 27.2 Å². The predicted octanol–water partition coefficient (Wildman–Crippen LogP) is 5.04. The lowest BCUT2D eigenvalue weighted by Crippen LogP contribution is -2.38. The zero-order valence-electron chi connectivity index (χ0n) is 18.6. The summed E-state index contributed by atoms with van der Waals surface area (Å²) in [7, 11) is 1.22. The Kier molecular flexibility index (Phi) is 6.14. The van der Waals surface area contributed by atoms with Crippen LogP contribution in [0.4, 0.5) is 17.6 Å². The number of hydrogen-bond acceptors (Lipinski definition) is 5. The van der Waals surface area contributed by atoms with Gasteiger partial charge in [0, 0.05) is 6.20 Å². The van der Waals surface area contributed by atoms with Crippen molar-refractivity contribution < 1.29 is 31.9 Å². The van der Waals surface area contributed by atoms with Crippen molar-refractivity contribution in [1.82, 2.24) is 14.6 Å². The van der Waals surface area contributed by atoms with E-state index in [-0.39, 0.29) is 23.3 Å². The number of aldehydes is 1. The first-order chi connectivity index (χ1) is 16.6. The van der Waals surface area contributed by atoms with E-state index in [1.165, 1.54) is 54.2 Å². The first kappa shape index (κ1) is 24.1. The molecule has 4 rings (SSSR count). The normalized spacial score (nSPS) is 13.4. The molecule has 0 aliphatic rings. The Bertz CT molecular complexity index is 1410. The van der Waals surface area contributed by atoms with Crippen LogP contribution in [0.3, 0.4) is 0 Å². The van der Waals surface area contributed by atoms with Gasteiger partial charge >= 0.3 is 12.1 Å². The molecular weight excluding hydrogens is 466 g/mol. The van der Waals surface area contributed by atoms with Crippen molar-refractivity contribution in [2.45, 2.75) is 24.9 Å². The number of methoxy groups -OCH3 is 1. The molecule has 2 aromatic carbocycles. The summed E-state index contributed by atoms with van der Waals surface area (Å²) in [4.78, 5) is 29.1. The van der Waals surface area contributed by atoms with E-state index in [0.29, 0.717) is 23.1 Å². The summed E-state index contributed by atoms with van der Waals surface area (Å²) in [6, 6.07) is 11.6. The summed E-state index contributed by atoms with van der Waals surface area (Å²) < 4.78 is 59.2. The third-order valence-electron chi connectivity index (χ3n) is 5.81. The Balaban J connectivity index is 1.91. The molecule has 1 atom stereocenters. The number of halogens is 4. The van der Waals surface area contributed by atoms with Gasteiger partial charge in [-0.2, -0.15) is 18.3 Å². The minimum atomic E-state index is -4.52. The second-order valence-corrected chi connectivity index (χ2v) is 8.15. The van der Waals surface area contributed by atoms with Gasteiger partial charge in [0.15, 0.2) is 11.9 Å². The molecule has 35 heavy (non-hydrogen) atoms. The minimum Gasteiger partial charge on any atom is -0.468 e. The Hall–Kier alpha value is -4.08. The van der Waals surface area contributed by atoms with Crippen LogP contribution in [-0.2, 0) is 27.5 Å². The molecule has 2 aromatic heterocycles. The highest BCUT2D eigenvalue weighted by atomic mass is 19.4. The van der Waals surface area contributed by atoms with E-state index in [2.05, 4.69) is 10.1 Å². The number of carbonyl (C=O) groups is 2. The summed E-state index contributed by atoms with van der Waals surface area (Å²) in [5.74, 6) is -1.10. The predicted molar refractivity (Wildman–Crippen MR) is 118 cm³/mol. The summed E-state index contributed by atoms with van der Waals surface area (Å²) in [5, 5.41) is 4.30. The third-order valence-corrected chi connectivity index (χ3v) is 5.81. The quantitative estimate of drug-likeness (QED) is 0.217. The second kappa shape index (κ2) is 8.94. The Labute approximate surface area is 197 Å². The Morgan fingerprint density at radius 3 is 2.43 bits per heavy atom. The molecule has 0 N–H and O–H groups in total. The van der Waals surface area contributed by atoms with Crippen LogP contribution >= 0.6 is 0 Å². The zero-order valence-corrected chi connectivity index (χ0v) is 18.6. The standard InChI is InChI=1S/C25H19F4N3O3/c1-24(23(34)35-2,13-15-4-3-5-18(26)12-15)20-10-11-30-22-21(19(14-33)31-32(20)22)16-6-8-17(9-7-16)25(27,28)29/h3-12,14H,13H2,1-2H3/t24-/m1/s1. The van der Waals surface area contributed by atoms with Crippen LogP contribution in [0.2, 0.25) is 0 Å². The van der Waals surface area contributed by atoms with Crippen LogP contribution in [0, 0.1) is 5.82 Å². The third kappa shape index (κ3) is 4.39. The fourth-order valence-electron chi connectivity index (χ4n) is 4.11. The van der Waals surface area contributed by atoms with Crippen molar-refractivity contribution >= 4 is 17.9 Å². The van der Waals surface area contributed by atoms with Gasteiger partial charge in [-0.3, -0.25) is 9.59 Å². The lowest BCUT2D eigenvalue weighted by atomic mass is 9.80. The molecule has 0 radical (unpaired) electrons. The maximum Gasteiger partial charge on any atom is 0.416 e. The first-order valence-electron chi connectivity index (χ1n) is 10.4. The van der Waals surface area contributed by atoms with Crippen LogP contribution in [0.25, 0.3) is 16.8 Å². The van der Waals surface area contributed by atoms with Crippen LogP contribution in [-0.4, -0.2) is 34.0 Å². The largest absolute Gasteiger partial charge is 0.468 e. The number of nitrogens with zero attached hydrogens (tertiary/aromatic N) is 3. The molecule has 0 unspecified atom stereocenters. The van der Waals surface area contributed by atoms with E-state index in [1.54, 1.807) is 13.0 Å². The number of esters is 1. The number of fused-ring (bicyclic) bond motifs is 1. The summed E-state index contributed by atoms with van der Waals surface area (Å²) in [6.07, 6.45) is -2.60. The molecule has 6 nitrogen and oxygen atoms in total. The van der Waals surface area contributed by atoms with Gasteiger partial charge in [0.25, 0.3) is 0 Å². The van der Waals surface area contributed by atoms with Crippen molar-refractivity contribution in [3.05, 3.63) is 89.1 Å². The average molecular weight is 485 g/mol. The van der Waals surface area contributed by atoms with Gasteiger partial charge in [0.2, 0.25) is 0 Å². The van der Waals surface area contributed by atoms with Crippen LogP contribution in [0.15, 0.2) is 60.8 Å². The van der Waals surface area contributed by atoms with Crippen molar-refractivity contribution in [1.29, 1.82) is 0 Å². The van der Waals surface area contributed by atoms with Crippen LogP contribution in [0.1, 0.15) is 34.2 Å². The monoisotopic (exact) mass is 485 g/mol. The maximum absolute atomic E-state index is 13.8. The molecule has 0 amide bonds. The van der Waals surface area contributed by atoms with Gasteiger partial charge in [0.05, 0.1) is 23.9 Å². The van der Waals surface area contributed by atoms with E-state index >= 15 is 0 Å². The first-order valence-corrected chi connectivity index (χ1v) is 10.4. The fourth-order valence-corrected chi connectivity index (χ4v) is 4.11. The van der Waals surface area contributed by atoms with Crippen molar-refractivity contribution in [3.63, 3.8) is 0 Å². The number of carbonyl (C=O) groups excluding carboxylic acids is 2. The second-order valence-electron chi connectivity index (χ2n) is 8.15. The van der Waals surface area contributed by atoms with Gasteiger partial charge in [-0.15, -0.1) is 0 Å². The Morgan fingerprint density at radius 1 is 1.11 bits per heavy atom. The van der Waals surface area contributed by atoms with Gasteiger partial charge < -0.3 is 4.74 Å². The van der Waals surface area contributed by atoms with Crippen molar-refractivity contribution in [2.24, 2.45) is 0 Å². The molecule has 0 saturated heterocycles. The molecule has 4 aromatic rings. The van der Waals surface area contributed by atoms with Crippen molar-refractivity contribution in [3.8, 4) is 11.1 Å². The maximum atomic E-state index is 13.8. The fraction of sp³-hybridized carbons (Fsp3) is 0.200. The zero-order chi connectivity index (χ0) is 25.4. The summed E-state index contributed by atoms with van der Waals surface area (Å²) in [6.45, 7) is 1.60. The van der Waals surface area contributed by atoms with E-state index in [4.69, 9.17) is 4.74 Å². The number of rotatable bonds is 6. The Morgan fingerprint density at radius 2 is 1.83 bits per heavy atom. The highest BCUT2D eigenvalue weighted by Crippen LogP contribution is 2.35. The highest BCUT2D eigenvalue weighted by Gasteiger charge is 2.40. The minimum absolute atomic E-state index is 0.0441. The number of alkyl halides is 3. The van der Waals surface area contributed by atoms with Crippen LogP contribution in [0.5, 0.6) is 0 Å². The molecule has 180 valence electrons. The molecule has 0 aliphatic carbocycles. The van der Waals surface area contributed by atoms with E-state index in [0.717, 1.165) is 12.1 Å². The average Bonchev–Trinajstić information content (AvgIpc) is 3.21. The van der Waals surface area contributed by atoms with Crippen molar-refractivity contribution in [2.75, 3.05) is 7.11 Å². The number of hydrogen-bond donors (Lipinski definition) is 0. The number of benzene rings is 2. The molecule has 10 heteroatoms. The molecule has 0 spiro atoms. The molecule has 0 saturated carbocycles. The van der Waals surface area contributed by atoms with Gasteiger partial charge in [-0.25, -0.2) is 13.9 Å². The molecule has 0 bridgehead atoms. The topological polar surface area (TPSA) is 73.6 Å². The van der Waals surface area contributed by atoms with E-state index in [1.807, 2.05) is 0 Å². The van der Waals surface area contributed by atoms with Gasteiger partial charge in [0.1, 0.15) is 16.9 Å². The molecule has 2 heterocycles.